The summed E-state index contributed by atoms with van der Waals surface area (Å²) in [7, 11) is 1.61. The van der Waals surface area contributed by atoms with Gasteiger partial charge in [0.25, 0.3) is 0 Å². The van der Waals surface area contributed by atoms with E-state index in [1.807, 2.05) is 52.8 Å². The Labute approximate surface area is 138 Å². The molecule has 2 amide bonds. The van der Waals surface area contributed by atoms with Gasteiger partial charge in [0.15, 0.2) is 0 Å². The van der Waals surface area contributed by atoms with Crippen LogP contribution in [0.15, 0.2) is 18.2 Å². The van der Waals surface area contributed by atoms with Crippen molar-refractivity contribution in [2.45, 2.75) is 53.6 Å². The third-order valence-electron chi connectivity index (χ3n) is 3.63. The number of hydrogen-bond donors (Lipinski definition) is 2. The van der Waals surface area contributed by atoms with Gasteiger partial charge in [-0.15, -0.1) is 0 Å². The number of benzene rings is 1. The summed E-state index contributed by atoms with van der Waals surface area (Å²) in [4.78, 5) is 24.3. The molecule has 23 heavy (non-hydrogen) atoms. The van der Waals surface area contributed by atoms with Crippen molar-refractivity contribution >= 4 is 11.8 Å². The van der Waals surface area contributed by atoms with Gasteiger partial charge in [-0.2, -0.15) is 0 Å². The molecule has 0 heterocycles. The Bertz CT molecular complexity index is 576. The van der Waals surface area contributed by atoms with Gasteiger partial charge in [-0.3, -0.25) is 9.59 Å². The Hall–Kier alpha value is -2.04. The number of carbonyl (C=O) groups is 2. The van der Waals surface area contributed by atoms with E-state index in [1.54, 1.807) is 14.0 Å². The lowest BCUT2D eigenvalue weighted by Gasteiger charge is -2.23. The van der Waals surface area contributed by atoms with Gasteiger partial charge in [0.2, 0.25) is 11.8 Å². The molecule has 1 aromatic carbocycles. The summed E-state index contributed by atoms with van der Waals surface area (Å²) < 4.78 is 5.35. The second-order valence-corrected chi connectivity index (χ2v) is 6.92. The minimum absolute atomic E-state index is 0.152. The molecule has 0 fully saturated rings. The summed E-state index contributed by atoms with van der Waals surface area (Å²) in [6.07, 6.45) is 0. The molecule has 0 aliphatic heterocycles. The zero-order valence-corrected chi connectivity index (χ0v) is 15.1. The molecule has 1 aromatic rings. The fourth-order valence-corrected chi connectivity index (χ4v) is 2.09. The summed E-state index contributed by atoms with van der Waals surface area (Å²) in [5.74, 6) is 0.356. The number of aryl methyl sites for hydroxylation is 1. The van der Waals surface area contributed by atoms with Crippen LogP contribution in [-0.4, -0.2) is 25.0 Å². The lowest BCUT2D eigenvalue weighted by atomic mass is 9.95. The summed E-state index contributed by atoms with van der Waals surface area (Å²) >= 11 is 0. The van der Waals surface area contributed by atoms with E-state index < -0.39 is 11.5 Å². The Morgan fingerprint density at radius 2 is 1.74 bits per heavy atom. The van der Waals surface area contributed by atoms with Gasteiger partial charge < -0.3 is 15.4 Å². The van der Waals surface area contributed by atoms with Crippen LogP contribution >= 0.6 is 0 Å². The number of carbonyl (C=O) groups excluding carboxylic acids is 2. The van der Waals surface area contributed by atoms with Crippen LogP contribution in [0.5, 0.6) is 5.75 Å². The van der Waals surface area contributed by atoms with E-state index in [2.05, 4.69) is 10.6 Å². The fraction of sp³-hybridized carbons (Fsp3) is 0.556. The van der Waals surface area contributed by atoms with E-state index in [0.29, 0.717) is 0 Å². The van der Waals surface area contributed by atoms with Crippen LogP contribution in [0.3, 0.4) is 0 Å². The quantitative estimate of drug-likeness (QED) is 0.876. The van der Waals surface area contributed by atoms with E-state index in [4.69, 9.17) is 4.74 Å². The van der Waals surface area contributed by atoms with Crippen molar-refractivity contribution in [3.63, 3.8) is 0 Å². The van der Waals surface area contributed by atoms with E-state index in [9.17, 15) is 9.59 Å². The zero-order chi connectivity index (χ0) is 17.8. The molecule has 128 valence electrons. The van der Waals surface area contributed by atoms with Gasteiger partial charge in [-0.05, 0) is 26.8 Å². The molecular weight excluding hydrogens is 292 g/mol. The highest BCUT2D eigenvalue weighted by molar-refractivity contribution is 5.89. The van der Waals surface area contributed by atoms with Gasteiger partial charge >= 0.3 is 0 Å². The third kappa shape index (κ3) is 5.27. The maximum atomic E-state index is 12.3. The van der Waals surface area contributed by atoms with Crippen molar-refractivity contribution in [1.82, 2.24) is 10.6 Å². The molecule has 0 saturated carbocycles. The van der Waals surface area contributed by atoms with E-state index in [1.165, 1.54) is 0 Å². The highest BCUT2D eigenvalue weighted by Gasteiger charge is 2.26. The largest absolute Gasteiger partial charge is 0.496 e. The summed E-state index contributed by atoms with van der Waals surface area (Å²) in [6.45, 7) is 11.0. The second kappa shape index (κ2) is 7.49. The number of ether oxygens (including phenoxy) is 1. The molecule has 0 bridgehead atoms. The monoisotopic (exact) mass is 320 g/mol. The molecule has 2 unspecified atom stereocenters. The number of nitrogens with one attached hydrogen (secondary N) is 2. The summed E-state index contributed by atoms with van der Waals surface area (Å²) in [6, 6.07) is 5.02. The molecule has 0 radical (unpaired) electrons. The van der Waals surface area contributed by atoms with E-state index in [-0.39, 0.29) is 17.9 Å². The SMILES string of the molecule is COc1ccc(C)cc1C(C)NC(=O)C(C)NC(=O)C(C)(C)C. The minimum Gasteiger partial charge on any atom is -0.496 e. The van der Waals surface area contributed by atoms with Crippen LogP contribution in [0.2, 0.25) is 0 Å². The van der Waals surface area contributed by atoms with Crippen molar-refractivity contribution in [2.24, 2.45) is 5.41 Å². The number of hydrogen-bond acceptors (Lipinski definition) is 3. The lowest BCUT2D eigenvalue weighted by molar-refractivity contribution is -0.133. The normalized spacial score (nSPS) is 13.9. The van der Waals surface area contributed by atoms with Gasteiger partial charge in [-0.1, -0.05) is 38.5 Å². The molecule has 0 aromatic heterocycles. The molecule has 0 saturated heterocycles. The predicted molar refractivity (Wildman–Crippen MR) is 91.3 cm³/mol. The molecule has 0 aliphatic carbocycles. The van der Waals surface area contributed by atoms with Crippen LogP contribution in [0.4, 0.5) is 0 Å². The number of rotatable bonds is 5. The molecule has 0 aliphatic rings. The van der Waals surface area contributed by atoms with Gasteiger partial charge in [0.1, 0.15) is 11.8 Å². The van der Waals surface area contributed by atoms with Crippen LogP contribution < -0.4 is 15.4 Å². The number of methoxy groups -OCH3 is 1. The van der Waals surface area contributed by atoms with Crippen molar-refractivity contribution in [2.75, 3.05) is 7.11 Å². The first-order chi connectivity index (χ1) is 10.6. The first-order valence-corrected chi connectivity index (χ1v) is 7.82. The Morgan fingerprint density at radius 1 is 1.13 bits per heavy atom. The van der Waals surface area contributed by atoms with Gasteiger partial charge in [0, 0.05) is 11.0 Å². The fourth-order valence-electron chi connectivity index (χ4n) is 2.09. The summed E-state index contributed by atoms with van der Waals surface area (Å²) in [5, 5.41) is 5.66. The van der Waals surface area contributed by atoms with Gasteiger partial charge in [0.05, 0.1) is 13.2 Å². The minimum atomic E-state index is -0.597. The second-order valence-electron chi connectivity index (χ2n) is 6.92. The topological polar surface area (TPSA) is 67.4 Å². The highest BCUT2D eigenvalue weighted by Crippen LogP contribution is 2.26. The van der Waals surface area contributed by atoms with Crippen molar-refractivity contribution < 1.29 is 14.3 Å². The Morgan fingerprint density at radius 3 is 2.26 bits per heavy atom. The maximum absolute atomic E-state index is 12.3. The van der Waals surface area contributed by atoms with E-state index in [0.717, 1.165) is 16.9 Å². The van der Waals surface area contributed by atoms with Crippen molar-refractivity contribution in [3.05, 3.63) is 29.3 Å². The molecule has 2 N–H and O–H groups in total. The van der Waals surface area contributed by atoms with Gasteiger partial charge in [-0.25, -0.2) is 0 Å². The predicted octanol–water partition coefficient (Wildman–Crippen LogP) is 2.73. The lowest BCUT2D eigenvalue weighted by Crippen LogP contribution is -2.48. The van der Waals surface area contributed by atoms with Crippen LogP contribution in [0, 0.1) is 12.3 Å². The first kappa shape index (κ1) is 19.0. The van der Waals surface area contributed by atoms with Crippen LogP contribution in [0.25, 0.3) is 0 Å². The average molecular weight is 320 g/mol. The summed E-state index contributed by atoms with van der Waals surface area (Å²) in [5.41, 5.74) is 1.48. The zero-order valence-electron chi connectivity index (χ0n) is 15.1. The molecule has 0 spiro atoms. The maximum Gasteiger partial charge on any atom is 0.242 e. The molecule has 2 atom stereocenters. The molecule has 1 rings (SSSR count). The Kier molecular flexibility index (Phi) is 6.19. The standard InChI is InChI=1S/C18H28N2O3/c1-11-8-9-15(23-7)14(10-11)12(2)19-16(21)13(3)20-17(22)18(4,5)6/h8-10,12-13H,1-7H3,(H,19,21)(H,20,22). The van der Waals surface area contributed by atoms with Crippen LogP contribution in [0.1, 0.15) is 51.8 Å². The molecule has 5 nitrogen and oxygen atoms in total. The molecular formula is C18H28N2O3. The van der Waals surface area contributed by atoms with Crippen molar-refractivity contribution in [1.29, 1.82) is 0 Å². The van der Waals surface area contributed by atoms with E-state index >= 15 is 0 Å². The highest BCUT2D eigenvalue weighted by atomic mass is 16.5. The first-order valence-electron chi connectivity index (χ1n) is 7.82. The van der Waals surface area contributed by atoms with Crippen molar-refractivity contribution in [3.8, 4) is 5.75 Å². The Balaban J connectivity index is 2.77. The third-order valence-corrected chi connectivity index (χ3v) is 3.63. The number of amides is 2. The smallest absolute Gasteiger partial charge is 0.242 e. The molecule has 5 heteroatoms. The average Bonchev–Trinajstić information content (AvgIpc) is 2.45. The van der Waals surface area contributed by atoms with Crippen LogP contribution in [-0.2, 0) is 9.59 Å².